The lowest BCUT2D eigenvalue weighted by Crippen LogP contribution is -1.96. The van der Waals surface area contributed by atoms with Crippen LogP contribution in [0.15, 0.2) is 53.0 Å². The van der Waals surface area contributed by atoms with E-state index in [-0.39, 0.29) is 12.2 Å². The van der Waals surface area contributed by atoms with Crippen molar-refractivity contribution in [1.29, 1.82) is 0 Å². The fourth-order valence-electron chi connectivity index (χ4n) is 1.62. The first-order chi connectivity index (χ1) is 8.15. The Morgan fingerprint density at radius 2 is 1.53 bits per heavy atom. The van der Waals surface area contributed by atoms with Crippen molar-refractivity contribution in [3.05, 3.63) is 69.9 Å². The van der Waals surface area contributed by atoms with E-state index in [9.17, 15) is 8.78 Å². The molecular formula is C14H11BrF2. The van der Waals surface area contributed by atoms with E-state index in [1.165, 1.54) is 12.1 Å². The molecule has 1 atom stereocenters. The van der Waals surface area contributed by atoms with Crippen molar-refractivity contribution in [2.24, 2.45) is 0 Å². The summed E-state index contributed by atoms with van der Waals surface area (Å²) >= 11 is 3.31. The summed E-state index contributed by atoms with van der Waals surface area (Å²) in [5, 5.41) is 0. The maximum Gasteiger partial charge on any atom is 0.129 e. The average Bonchev–Trinajstić information content (AvgIpc) is 2.33. The molecule has 17 heavy (non-hydrogen) atoms. The van der Waals surface area contributed by atoms with Crippen LogP contribution in [0.1, 0.15) is 17.3 Å². The van der Waals surface area contributed by atoms with Gasteiger partial charge in [-0.2, -0.15) is 0 Å². The quantitative estimate of drug-likeness (QED) is 0.760. The number of rotatable bonds is 3. The Hall–Kier alpha value is -1.22. The van der Waals surface area contributed by atoms with Crippen molar-refractivity contribution >= 4 is 15.9 Å². The van der Waals surface area contributed by atoms with Gasteiger partial charge in [0.05, 0.1) is 0 Å². The van der Waals surface area contributed by atoms with Crippen LogP contribution in [0.25, 0.3) is 0 Å². The molecule has 3 heteroatoms. The maximum atomic E-state index is 13.9. The van der Waals surface area contributed by atoms with E-state index in [4.69, 9.17) is 0 Å². The Morgan fingerprint density at radius 3 is 2.12 bits per heavy atom. The second-order valence-electron chi connectivity index (χ2n) is 3.85. The fraction of sp³-hybridized carbons (Fsp3) is 0.143. The Labute approximate surface area is 107 Å². The van der Waals surface area contributed by atoms with Crippen LogP contribution >= 0.6 is 15.9 Å². The van der Waals surface area contributed by atoms with Gasteiger partial charge in [-0.05, 0) is 35.4 Å². The lowest BCUT2D eigenvalue weighted by Gasteiger charge is -2.08. The molecule has 0 heterocycles. The highest BCUT2D eigenvalue weighted by atomic mass is 79.9. The van der Waals surface area contributed by atoms with Gasteiger partial charge in [0.15, 0.2) is 0 Å². The second-order valence-corrected chi connectivity index (χ2v) is 4.77. The molecular weight excluding hydrogens is 286 g/mol. The van der Waals surface area contributed by atoms with Gasteiger partial charge in [-0.3, -0.25) is 0 Å². The summed E-state index contributed by atoms with van der Waals surface area (Å²) in [6.07, 6.45) is -0.796. The van der Waals surface area contributed by atoms with E-state index in [1.54, 1.807) is 24.3 Å². The van der Waals surface area contributed by atoms with Gasteiger partial charge in [0.1, 0.15) is 12.0 Å². The van der Waals surface area contributed by atoms with E-state index in [0.29, 0.717) is 5.56 Å². The summed E-state index contributed by atoms with van der Waals surface area (Å²) in [6, 6.07) is 13.0. The van der Waals surface area contributed by atoms with Gasteiger partial charge < -0.3 is 0 Å². The van der Waals surface area contributed by atoms with Crippen molar-refractivity contribution in [2.45, 2.75) is 12.6 Å². The molecule has 0 amide bonds. The predicted molar refractivity (Wildman–Crippen MR) is 68.1 cm³/mol. The fourth-order valence-corrected chi connectivity index (χ4v) is 1.88. The number of halogens is 3. The first-order valence-electron chi connectivity index (χ1n) is 5.29. The summed E-state index contributed by atoms with van der Waals surface area (Å²) < 4.78 is 27.6. The van der Waals surface area contributed by atoms with Crippen LogP contribution in [0, 0.1) is 5.82 Å². The zero-order chi connectivity index (χ0) is 12.3. The lowest BCUT2D eigenvalue weighted by atomic mass is 10.0. The van der Waals surface area contributed by atoms with E-state index in [1.807, 2.05) is 12.1 Å². The van der Waals surface area contributed by atoms with Crippen LogP contribution in [-0.2, 0) is 6.42 Å². The van der Waals surface area contributed by atoms with Gasteiger partial charge in [0.25, 0.3) is 0 Å². The minimum Gasteiger partial charge on any atom is -0.242 e. The monoisotopic (exact) mass is 296 g/mol. The van der Waals surface area contributed by atoms with Crippen LogP contribution in [0.5, 0.6) is 0 Å². The highest BCUT2D eigenvalue weighted by molar-refractivity contribution is 9.10. The summed E-state index contributed by atoms with van der Waals surface area (Å²) in [5.41, 5.74) is 1.43. The van der Waals surface area contributed by atoms with Crippen molar-refractivity contribution in [1.82, 2.24) is 0 Å². The van der Waals surface area contributed by atoms with E-state index >= 15 is 0 Å². The second kappa shape index (κ2) is 5.41. The Morgan fingerprint density at radius 1 is 0.941 bits per heavy atom. The lowest BCUT2D eigenvalue weighted by molar-refractivity contribution is 0.342. The molecule has 0 bridgehead atoms. The molecule has 0 saturated carbocycles. The molecule has 0 aliphatic carbocycles. The average molecular weight is 297 g/mol. The molecule has 0 saturated heterocycles. The summed E-state index contributed by atoms with van der Waals surface area (Å²) in [5.74, 6) is -0.298. The molecule has 2 aromatic rings. The van der Waals surface area contributed by atoms with Gasteiger partial charge in [-0.1, -0.05) is 40.2 Å². The van der Waals surface area contributed by atoms with Gasteiger partial charge >= 0.3 is 0 Å². The maximum absolute atomic E-state index is 13.9. The van der Waals surface area contributed by atoms with Crippen molar-refractivity contribution in [3.63, 3.8) is 0 Å². The van der Waals surface area contributed by atoms with Crippen LogP contribution < -0.4 is 0 Å². The molecule has 0 spiro atoms. The molecule has 88 valence electrons. The van der Waals surface area contributed by atoms with Gasteiger partial charge in [-0.25, -0.2) is 8.78 Å². The van der Waals surface area contributed by atoms with Crippen molar-refractivity contribution < 1.29 is 8.78 Å². The van der Waals surface area contributed by atoms with Gasteiger partial charge in [0, 0.05) is 10.9 Å². The number of benzene rings is 2. The molecule has 2 aromatic carbocycles. The Bertz CT molecular complexity index is 477. The number of hydrogen-bond donors (Lipinski definition) is 0. The molecule has 0 nitrogen and oxygen atoms in total. The Balaban J connectivity index is 2.08. The molecule has 1 unspecified atom stereocenters. The molecule has 0 aliphatic rings. The molecule has 2 rings (SSSR count). The molecule has 0 aromatic heterocycles. The van der Waals surface area contributed by atoms with E-state index in [0.717, 1.165) is 10.0 Å². The SMILES string of the molecule is Fc1ccc(CC(F)c2ccc(Br)cc2)cc1. The summed E-state index contributed by atoms with van der Waals surface area (Å²) in [4.78, 5) is 0. The minimum atomic E-state index is -1.06. The normalized spacial score (nSPS) is 12.4. The molecule has 0 N–H and O–H groups in total. The first-order valence-corrected chi connectivity index (χ1v) is 6.08. The summed E-state index contributed by atoms with van der Waals surface area (Å²) in [7, 11) is 0. The van der Waals surface area contributed by atoms with Crippen LogP contribution in [-0.4, -0.2) is 0 Å². The van der Waals surface area contributed by atoms with Gasteiger partial charge in [0.2, 0.25) is 0 Å². The number of alkyl halides is 1. The number of hydrogen-bond acceptors (Lipinski definition) is 0. The van der Waals surface area contributed by atoms with E-state index < -0.39 is 6.17 Å². The third-order valence-corrected chi connectivity index (χ3v) is 3.09. The van der Waals surface area contributed by atoms with Crippen molar-refractivity contribution in [3.8, 4) is 0 Å². The Kier molecular flexibility index (Phi) is 3.89. The molecule has 0 radical (unpaired) electrons. The highest BCUT2D eigenvalue weighted by Gasteiger charge is 2.10. The third kappa shape index (κ3) is 3.37. The minimum absolute atomic E-state index is 0.266. The zero-order valence-electron chi connectivity index (χ0n) is 9.04. The molecule has 0 fully saturated rings. The zero-order valence-corrected chi connectivity index (χ0v) is 10.6. The first kappa shape index (κ1) is 12.2. The highest BCUT2D eigenvalue weighted by Crippen LogP contribution is 2.23. The molecule has 0 aliphatic heterocycles. The summed E-state index contributed by atoms with van der Waals surface area (Å²) in [6.45, 7) is 0. The predicted octanol–water partition coefficient (Wildman–Crippen LogP) is 4.84. The van der Waals surface area contributed by atoms with Gasteiger partial charge in [-0.15, -0.1) is 0 Å². The smallest absolute Gasteiger partial charge is 0.129 e. The third-order valence-electron chi connectivity index (χ3n) is 2.56. The van der Waals surface area contributed by atoms with Crippen LogP contribution in [0.2, 0.25) is 0 Å². The standard InChI is InChI=1S/C14H11BrF2/c15-12-5-3-11(4-6-12)14(17)9-10-1-7-13(16)8-2-10/h1-8,14H,9H2. The largest absolute Gasteiger partial charge is 0.242 e. The van der Waals surface area contributed by atoms with E-state index in [2.05, 4.69) is 15.9 Å². The van der Waals surface area contributed by atoms with Crippen LogP contribution in [0.3, 0.4) is 0 Å². The van der Waals surface area contributed by atoms with Crippen molar-refractivity contribution in [2.75, 3.05) is 0 Å². The topological polar surface area (TPSA) is 0 Å². The van der Waals surface area contributed by atoms with Crippen LogP contribution in [0.4, 0.5) is 8.78 Å².